The van der Waals surface area contributed by atoms with Crippen LogP contribution < -0.4 is 14.8 Å². The van der Waals surface area contributed by atoms with Gasteiger partial charge in [0.25, 0.3) is 11.6 Å². The number of hydrogen-bond acceptors (Lipinski definition) is 5. The maximum Gasteiger partial charge on any atom is 0.270 e. The molecule has 0 saturated carbocycles. The van der Waals surface area contributed by atoms with Gasteiger partial charge < -0.3 is 14.8 Å². The first-order valence-corrected chi connectivity index (χ1v) is 8.51. The Hall–Kier alpha value is -2.51. The molecule has 2 aromatic carbocycles. The van der Waals surface area contributed by atoms with Gasteiger partial charge in [-0.25, -0.2) is 0 Å². The van der Waals surface area contributed by atoms with Crippen molar-refractivity contribution in [1.82, 2.24) is 5.32 Å². The van der Waals surface area contributed by atoms with Gasteiger partial charge in [0.1, 0.15) is 13.2 Å². The van der Waals surface area contributed by atoms with Crippen molar-refractivity contribution in [3.8, 4) is 11.5 Å². The molecule has 2 aromatic rings. The summed E-state index contributed by atoms with van der Waals surface area (Å²) in [5.74, 6) is 0.709. The number of amides is 1. The summed E-state index contributed by atoms with van der Waals surface area (Å²) in [6.45, 7) is 1.25. The lowest BCUT2D eigenvalue weighted by molar-refractivity contribution is -0.384. The maximum absolute atomic E-state index is 12.2. The van der Waals surface area contributed by atoms with Gasteiger partial charge in [0.2, 0.25) is 0 Å². The SMILES string of the molecule is O=C(NCCc1cc(Cl)c2c(c1)OCCO2)c1ccc([N+](=O)[O-])cc1Cl. The van der Waals surface area contributed by atoms with Crippen molar-refractivity contribution in [1.29, 1.82) is 0 Å². The van der Waals surface area contributed by atoms with Crippen LogP contribution >= 0.6 is 23.2 Å². The Bertz CT molecular complexity index is 872. The standard InChI is InChI=1S/C17H14Cl2N2O5/c18-13-9-11(21(23)24)1-2-12(13)17(22)20-4-3-10-7-14(19)16-15(8-10)25-5-6-26-16/h1-2,7-9H,3-6H2,(H,20,22). The second-order valence-corrected chi connectivity index (χ2v) is 6.34. The normalized spacial score (nSPS) is 12.5. The third-order valence-electron chi connectivity index (χ3n) is 3.76. The van der Waals surface area contributed by atoms with Crippen LogP contribution in [0.2, 0.25) is 10.0 Å². The largest absolute Gasteiger partial charge is 0.486 e. The highest BCUT2D eigenvalue weighted by Gasteiger charge is 2.17. The number of benzene rings is 2. The highest BCUT2D eigenvalue weighted by molar-refractivity contribution is 6.34. The average molecular weight is 397 g/mol. The molecule has 0 aliphatic carbocycles. The van der Waals surface area contributed by atoms with Gasteiger partial charge in [-0.05, 0) is 30.2 Å². The number of nitrogens with zero attached hydrogens (tertiary/aromatic N) is 1. The van der Waals surface area contributed by atoms with Crippen molar-refractivity contribution >= 4 is 34.8 Å². The number of carbonyl (C=O) groups is 1. The van der Waals surface area contributed by atoms with E-state index in [-0.39, 0.29) is 16.3 Å². The smallest absolute Gasteiger partial charge is 0.270 e. The lowest BCUT2D eigenvalue weighted by Gasteiger charge is -2.20. The first-order chi connectivity index (χ1) is 12.5. The molecular formula is C17H14Cl2N2O5. The highest BCUT2D eigenvalue weighted by Crippen LogP contribution is 2.38. The number of carbonyl (C=O) groups excluding carboxylic acids is 1. The van der Waals surface area contributed by atoms with Gasteiger partial charge in [-0.2, -0.15) is 0 Å². The Morgan fingerprint density at radius 3 is 2.65 bits per heavy atom. The van der Waals surface area contributed by atoms with E-state index in [1.807, 2.05) is 6.07 Å². The third-order valence-corrected chi connectivity index (χ3v) is 4.36. The fraction of sp³-hybridized carbons (Fsp3) is 0.235. The molecule has 1 amide bonds. The summed E-state index contributed by atoms with van der Waals surface area (Å²) < 4.78 is 11.0. The number of ether oxygens (including phenoxy) is 2. The Morgan fingerprint density at radius 2 is 1.92 bits per heavy atom. The van der Waals surface area contributed by atoms with Crippen molar-refractivity contribution in [2.45, 2.75) is 6.42 Å². The molecular weight excluding hydrogens is 383 g/mol. The first-order valence-electron chi connectivity index (χ1n) is 7.76. The molecule has 0 spiro atoms. The Morgan fingerprint density at radius 1 is 1.15 bits per heavy atom. The first kappa shape index (κ1) is 18.3. The fourth-order valence-electron chi connectivity index (χ4n) is 2.53. The van der Waals surface area contributed by atoms with Crippen LogP contribution in [-0.2, 0) is 6.42 Å². The molecule has 0 fully saturated rings. The lowest BCUT2D eigenvalue weighted by atomic mass is 10.1. The van der Waals surface area contributed by atoms with Crippen LogP contribution in [0.5, 0.6) is 11.5 Å². The quantitative estimate of drug-likeness (QED) is 0.615. The summed E-state index contributed by atoms with van der Waals surface area (Å²) in [5.41, 5.74) is 0.893. The lowest BCUT2D eigenvalue weighted by Crippen LogP contribution is -2.26. The van der Waals surface area contributed by atoms with E-state index < -0.39 is 10.8 Å². The molecule has 0 aromatic heterocycles. The molecule has 0 atom stereocenters. The molecule has 0 radical (unpaired) electrons. The van der Waals surface area contributed by atoms with Gasteiger partial charge in [-0.15, -0.1) is 0 Å². The number of non-ortho nitro benzene ring substituents is 1. The second kappa shape index (κ2) is 7.80. The maximum atomic E-state index is 12.2. The number of nitro benzene ring substituents is 1. The number of halogens is 2. The molecule has 7 nitrogen and oxygen atoms in total. The Labute approximate surface area is 159 Å². The number of rotatable bonds is 5. The molecule has 0 unspecified atom stereocenters. The number of nitro groups is 1. The Balaban J connectivity index is 1.62. The zero-order chi connectivity index (χ0) is 18.7. The summed E-state index contributed by atoms with van der Waals surface area (Å²) in [5, 5.41) is 13.9. The van der Waals surface area contributed by atoms with E-state index in [9.17, 15) is 14.9 Å². The second-order valence-electron chi connectivity index (χ2n) is 5.53. The predicted octanol–water partition coefficient (Wildman–Crippen LogP) is 3.65. The number of fused-ring (bicyclic) bond motifs is 1. The highest BCUT2D eigenvalue weighted by atomic mass is 35.5. The molecule has 26 heavy (non-hydrogen) atoms. The summed E-state index contributed by atoms with van der Waals surface area (Å²) in [6, 6.07) is 7.31. The summed E-state index contributed by atoms with van der Waals surface area (Å²) in [7, 11) is 0. The van der Waals surface area contributed by atoms with E-state index in [0.717, 1.165) is 11.6 Å². The monoisotopic (exact) mass is 396 g/mol. The summed E-state index contributed by atoms with van der Waals surface area (Å²) in [6.07, 6.45) is 0.521. The Kier molecular flexibility index (Phi) is 5.49. The van der Waals surface area contributed by atoms with Crippen LogP contribution in [0.15, 0.2) is 30.3 Å². The van der Waals surface area contributed by atoms with E-state index in [0.29, 0.717) is 42.7 Å². The molecule has 0 bridgehead atoms. The van der Waals surface area contributed by atoms with Crippen molar-refractivity contribution in [3.05, 3.63) is 61.6 Å². The zero-order valence-electron chi connectivity index (χ0n) is 13.5. The van der Waals surface area contributed by atoms with Crippen molar-refractivity contribution in [3.63, 3.8) is 0 Å². The third kappa shape index (κ3) is 4.00. The molecule has 1 aliphatic heterocycles. The summed E-state index contributed by atoms with van der Waals surface area (Å²) >= 11 is 12.1. The molecule has 136 valence electrons. The minimum atomic E-state index is -0.570. The van der Waals surface area contributed by atoms with Crippen LogP contribution in [0.3, 0.4) is 0 Å². The van der Waals surface area contributed by atoms with E-state index in [2.05, 4.69) is 5.32 Å². The van der Waals surface area contributed by atoms with E-state index >= 15 is 0 Å². The molecule has 1 aliphatic rings. The van der Waals surface area contributed by atoms with E-state index in [4.69, 9.17) is 32.7 Å². The zero-order valence-corrected chi connectivity index (χ0v) is 15.0. The molecule has 3 rings (SSSR count). The molecule has 9 heteroatoms. The van der Waals surface area contributed by atoms with Gasteiger partial charge >= 0.3 is 0 Å². The van der Waals surface area contributed by atoms with Gasteiger partial charge in [-0.1, -0.05) is 23.2 Å². The molecule has 0 saturated heterocycles. The van der Waals surface area contributed by atoms with Crippen molar-refractivity contribution in [2.75, 3.05) is 19.8 Å². The van der Waals surface area contributed by atoms with Crippen LogP contribution in [0, 0.1) is 10.1 Å². The van der Waals surface area contributed by atoms with Crippen molar-refractivity contribution in [2.24, 2.45) is 0 Å². The van der Waals surface area contributed by atoms with Gasteiger partial charge in [0.05, 0.1) is 20.5 Å². The topological polar surface area (TPSA) is 90.7 Å². The predicted molar refractivity (Wildman–Crippen MR) is 96.6 cm³/mol. The molecule has 1 heterocycles. The van der Waals surface area contributed by atoms with Crippen LogP contribution in [0.25, 0.3) is 0 Å². The van der Waals surface area contributed by atoms with Crippen LogP contribution in [-0.4, -0.2) is 30.6 Å². The van der Waals surface area contributed by atoms with Crippen LogP contribution in [0.4, 0.5) is 5.69 Å². The number of hydrogen-bond donors (Lipinski definition) is 1. The fourth-order valence-corrected chi connectivity index (χ4v) is 3.07. The van der Waals surface area contributed by atoms with E-state index in [1.165, 1.54) is 12.1 Å². The summed E-state index contributed by atoms with van der Waals surface area (Å²) in [4.78, 5) is 22.3. The van der Waals surface area contributed by atoms with Crippen LogP contribution in [0.1, 0.15) is 15.9 Å². The number of nitrogens with one attached hydrogen (secondary N) is 1. The van der Waals surface area contributed by atoms with Gasteiger partial charge in [0, 0.05) is 18.7 Å². The minimum absolute atomic E-state index is 0.0269. The average Bonchev–Trinajstić information content (AvgIpc) is 2.61. The van der Waals surface area contributed by atoms with E-state index in [1.54, 1.807) is 6.07 Å². The van der Waals surface area contributed by atoms with Gasteiger partial charge in [0.15, 0.2) is 11.5 Å². The van der Waals surface area contributed by atoms with Crippen molar-refractivity contribution < 1.29 is 19.2 Å². The van der Waals surface area contributed by atoms with Gasteiger partial charge in [-0.3, -0.25) is 14.9 Å². The minimum Gasteiger partial charge on any atom is -0.486 e. The molecule has 1 N–H and O–H groups in total.